The van der Waals surface area contributed by atoms with Crippen LogP contribution in [0.2, 0.25) is 0 Å². The van der Waals surface area contributed by atoms with Gasteiger partial charge in [0.05, 0.1) is 0 Å². The Labute approximate surface area is 113 Å². The molecule has 0 aromatic rings. The fraction of sp³-hybridized carbons (Fsp3) is 0.875. The molecule has 0 rings (SSSR count). The van der Waals surface area contributed by atoms with Crippen molar-refractivity contribution in [1.82, 2.24) is 0 Å². The van der Waals surface area contributed by atoms with Gasteiger partial charge in [-0.1, -0.05) is 51.4 Å². The van der Waals surface area contributed by atoms with Gasteiger partial charge in [0.25, 0.3) is 0 Å². The number of hydrogen-bond donors (Lipinski definition) is 2. The molecule has 18 heavy (non-hydrogen) atoms. The number of rotatable bonds is 11. The first-order chi connectivity index (χ1) is 8.81. The molecular formula is C16H30O2. The lowest BCUT2D eigenvalue weighted by Crippen LogP contribution is -2.02. The van der Waals surface area contributed by atoms with E-state index in [0.717, 1.165) is 38.5 Å². The van der Waals surface area contributed by atoms with Crippen molar-refractivity contribution in [3.05, 3.63) is 0 Å². The topological polar surface area (TPSA) is 40.5 Å². The summed E-state index contributed by atoms with van der Waals surface area (Å²) in [5.41, 5.74) is 0. The highest BCUT2D eigenvalue weighted by molar-refractivity contribution is 5.04. The van der Waals surface area contributed by atoms with Crippen LogP contribution in [-0.2, 0) is 0 Å². The third-order valence-electron chi connectivity index (χ3n) is 3.06. The van der Waals surface area contributed by atoms with E-state index in [1.807, 2.05) is 0 Å². The van der Waals surface area contributed by atoms with Crippen molar-refractivity contribution in [2.24, 2.45) is 0 Å². The highest BCUT2D eigenvalue weighted by Gasteiger charge is 1.97. The average Bonchev–Trinajstić information content (AvgIpc) is 2.38. The van der Waals surface area contributed by atoms with Crippen molar-refractivity contribution in [2.45, 2.75) is 83.7 Å². The highest BCUT2D eigenvalue weighted by atomic mass is 16.3. The summed E-state index contributed by atoms with van der Waals surface area (Å²) < 4.78 is 0. The predicted octanol–water partition coefficient (Wildman–Crippen LogP) is 3.65. The number of aliphatic hydroxyl groups excluding tert-OH is 2. The smallest absolute Gasteiger partial charge is 0.114 e. The quantitative estimate of drug-likeness (QED) is 0.436. The van der Waals surface area contributed by atoms with Gasteiger partial charge in [0.1, 0.15) is 6.10 Å². The molecule has 0 unspecified atom stereocenters. The van der Waals surface area contributed by atoms with Crippen LogP contribution in [0.3, 0.4) is 0 Å². The van der Waals surface area contributed by atoms with Gasteiger partial charge in [-0.15, -0.1) is 5.92 Å². The molecular weight excluding hydrogens is 224 g/mol. The Morgan fingerprint density at radius 2 is 1.56 bits per heavy atom. The van der Waals surface area contributed by atoms with Gasteiger partial charge >= 0.3 is 0 Å². The molecule has 0 heterocycles. The van der Waals surface area contributed by atoms with E-state index < -0.39 is 6.10 Å². The first-order valence-electron chi connectivity index (χ1n) is 7.58. The summed E-state index contributed by atoms with van der Waals surface area (Å²) >= 11 is 0. The normalized spacial score (nSPS) is 11.9. The predicted molar refractivity (Wildman–Crippen MR) is 77.3 cm³/mol. The molecule has 0 aliphatic heterocycles. The van der Waals surface area contributed by atoms with Crippen LogP contribution in [-0.4, -0.2) is 22.9 Å². The van der Waals surface area contributed by atoms with Crippen molar-refractivity contribution in [2.75, 3.05) is 6.61 Å². The molecule has 0 radical (unpaired) electrons. The second kappa shape index (κ2) is 14.5. The number of hydrogen-bond acceptors (Lipinski definition) is 2. The maximum Gasteiger partial charge on any atom is 0.114 e. The van der Waals surface area contributed by atoms with Crippen molar-refractivity contribution >= 4 is 0 Å². The third-order valence-corrected chi connectivity index (χ3v) is 3.06. The largest absolute Gasteiger partial charge is 0.396 e. The monoisotopic (exact) mass is 254 g/mol. The summed E-state index contributed by atoms with van der Waals surface area (Å²) in [6, 6.07) is 0. The molecule has 0 saturated heterocycles. The van der Waals surface area contributed by atoms with Crippen LogP contribution in [0, 0.1) is 11.8 Å². The summed E-state index contributed by atoms with van der Waals surface area (Å²) in [5.74, 6) is 5.99. The Morgan fingerprint density at radius 1 is 0.889 bits per heavy atom. The molecule has 0 amide bonds. The summed E-state index contributed by atoms with van der Waals surface area (Å²) in [4.78, 5) is 0. The number of unbranched alkanes of at least 4 members (excludes halogenated alkanes) is 8. The Hall–Kier alpha value is -0.520. The highest BCUT2D eigenvalue weighted by Crippen LogP contribution is 2.06. The van der Waals surface area contributed by atoms with Crippen LogP contribution >= 0.6 is 0 Å². The first-order valence-corrected chi connectivity index (χ1v) is 7.58. The molecule has 0 bridgehead atoms. The van der Waals surface area contributed by atoms with Gasteiger partial charge in [0.15, 0.2) is 0 Å². The zero-order valence-electron chi connectivity index (χ0n) is 12.0. The Bertz CT molecular complexity index is 215. The van der Waals surface area contributed by atoms with E-state index in [4.69, 9.17) is 5.11 Å². The molecule has 2 N–H and O–H groups in total. The van der Waals surface area contributed by atoms with E-state index in [1.54, 1.807) is 0 Å². The van der Waals surface area contributed by atoms with E-state index in [9.17, 15) is 5.11 Å². The van der Waals surface area contributed by atoms with E-state index in [-0.39, 0.29) is 0 Å². The molecule has 0 aromatic heterocycles. The van der Waals surface area contributed by atoms with Crippen LogP contribution in [0.15, 0.2) is 0 Å². The summed E-state index contributed by atoms with van der Waals surface area (Å²) in [6.07, 6.45) is 11.6. The molecule has 0 saturated carbocycles. The van der Waals surface area contributed by atoms with Crippen molar-refractivity contribution in [3.8, 4) is 11.8 Å². The van der Waals surface area contributed by atoms with Crippen molar-refractivity contribution < 1.29 is 10.2 Å². The maximum atomic E-state index is 9.62. The summed E-state index contributed by atoms with van der Waals surface area (Å²) in [6.45, 7) is 2.50. The zero-order chi connectivity index (χ0) is 13.5. The molecule has 106 valence electrons. The molecule has 1 atom stereocenters. The average molecular weight is 254 g/mol. The second-order valence-electron chi connectivity index (χ2n) is 4.93. The SMILES string of the molecule is CCCCCC[C@H](O)C#CCCCCCCCO. The van der Waals surface area contributed by atoms with Crippen molar-refractivity contribution in [1.29, 1.82) is 0 Å². The molecule has 0 aliphatic rings. The van der Waals surface area contributed by atoms with Gasteiger partial charge < -0.3 is 10.2 Å². The van der Waals surface area contributed by atoms with Gasteiger partial charge in [0, 0.05) is 13.0 Å². The number of aliphatic hydroxyl groups is 2. The van der Waals surface area contributed by atoms with Gasteiger partial charge in [-0.25, -0.2) is 0 Å². The van der Waals surface area contributed by atoms with E-state index in [2.05, 4.69) is 18.8 Å². The van der Waals surface area contributed by atoms with Gasteiger partial charge in [0.2, 0.25) is 0 Å². The third kappa shape index (κ3) is 13.5. The summed E-state index contributed by atoms with van der Waals surface area (Å²) in [7, 11) is 0. The summed E-state index contributed by atoms with van der Waals surface area (Å²) in [5, 5.41) is 18.2. The Balaban J connectivity index is 3.29. The fourth-order valence-electron chi connectivity index (χ4n) is 1.88. The van der Waals surface area contributed by atoms with E-state index in [1.165, 1.54) is 32.1 Å². The lowest BCUT2D eigenvalue weighted by atomic mass is 10.1. The van der Waals surface area contributed by atoms with Gasteiger partial charge in [-0.2, -0.15) is 0 Å². The molecule has 2 nitrogen and oxygen atoms in total. The van der Waals surface area contributed by atoms with E-state index >= 15 is 0 Å². The molecule has 2 heteroatoms. The van der Waals surface area contributed by atoms with E-state index in [0.29, 0.717) is 6.61 Å². The van der Waals surface area contributed by atoms with Crippen molar-refractivity contribution in [3.63, 3.8) is 0 Å². The van der Waals surface area contributed by atoms with Crippen LogP contribution in [0.25, 0.3) is 0 Å². The minimum absolute atomic E-state index is 0.310. The molecule has 0 aliphatic carbocycles. The first kappa shape index (κ1) is 17.5. The maximum absolute atomic E-state index is 9.62. The molecule has 0 spiro atoms. The van der Waals surface area contributed by atoms with Crippen LogP contribution in [0.1, 0.15) is 77.6 Å². The van der Waals surface area contributed by atoms with Gasteiger partial charge in [-0.05, 0) is 25.7 Å². The Morgan fingerprint density at radius 3 is 2.28 bits per heavy atom. The van der Waals surface area contributed by atoms with Crippen LogP contribution in [0.4, 0.5) is 0 Å². The van der Waals surface area contributed by atoms with Gasteiger partial charge in [-0.3, -0.25) is 0 Å². The fourth-order valence-corrected chi connectivity index (χ4v) is 1.88. The Kier molecular flexibility index (Phi) is 14.1. The lowest BCUT2D eigenvalue weighted by molar-refractivity contribution is 0.217. The standard InChI is InChI=1S/C16H30O2/c1-2-3-4-10-13-16(18)14-11-8-6-5-7-9-12-15-17/h16-18H,2-10,12-13,15H2,1H3/t16-/m0/s1. The second-order valence-corrected chi connectivity index (χ2v) is 4.93. The molecule has 0 fully saturated rings. The minimum atomic E-state index is -0.420. The van der Waals surface area contributed by atoms with Crippen LogP contribution in [0.5, 0.6) is 0 Å². The minimum Gasteiger partial charge on any atom is -0.396 e. The van der Waals surface area contributed by atoms with Crippen LogP contribution < -0.4 is 0 Å². The zero-order valence-corrected chi connectivity index (χ0v) is 12.0. The lowest BCUT2D eigenvalue weighted by Gasteiger charge is -2.02. The molecule has 0 aromatic carbocycles.